The van der Waals surface area contributed by atoms with Crippen molar-refractivity contribution < 1.29 is 9.66 Å². The standard InChI is InChI=1S/C14H23N3O3/c1-12(15-8-9-16(2)10-11-20-3)13-6-4-5-7-14(13)17(18)19/h4-7,12,15H,8-11H2,1-3H3. The lowest BCUT2D eigenvalue weighted by Gasteiger charge is -2.19. The summed E-state index contributed by atoms with van der Waals surface area (Å²) in [7, 11) is 3.71. The van der Waals surface area contributed by atoms with Crippen molar-refractivity contribution in [3.8, 4) is 0 Å². The van der Waals surface area contributed by atoms with Gasteiger partial charge in [-0.2, -0.15) is 0 Å². The molecule has 0 saturated heterocycles. The molecule has 0 aliphatic rings. The van der Waals surface area contributed by atoms with E-state index in [1.807, 2.05) is 20.0 Å². The number of nitrogens with zero attached hydrogens (tertiary/aromatic N) is 2. The van der Waals surface area contributed by atoms with Crippen LogP contribution in [0, 0.1) is 10.1 Å². The third kappa shape index (κ3) is 5.24. The Morgan fingerprint density at radius 3 is 2.75 bits per heavy atom. The van der Waals surface area contributed by atoms with Crippen molar-refractivity contribution in [2.45, 2.75) is 13.0 Å². The quantitative estimate of drug-likeness (QED) is 0.552. The van der Waals surface area contributed by atoms with Gasteiger partial charge in [0.15, 0.2) is 0 Å². The van der Waals surface area contributed by atoms with Crippen LogP contribution in [0.2, 0.25) is 0 Å². The molecule has 0 aromatic heterocycles. The second-order valence-corrected chi connectivity index (χ2v) is 4.79. The summed E-state index contributed by atoms with van der Waals surface area (Å²) in [4.78, 5) is 12.8. The third-order valence-electron chi connectivity index (χ3n) is 3.22. The Balaban J connectivity index is 2.47. The lowest BCUT2D eigenvalue weighted by Crippen LogP contribution is -2.32. The topological polar surface area (TPSA) is 67.6 Å². The van der Waals surface area contributed by atoms with Crippen molar-refractivity contribution in [2.75, 3.05) is 40.4 Å². The van der Waals surface area contributed by atoms with Crippen LogP contribution >= 0.6 is 0 Å². The van der Waals surface area contributed by atoms with Crippen molar-refractivity contribution in [1.82, 2.24) is 10.2 Å². The second kappa shape index (κ2) is 8.63. The number of hydrogen-bond donors (Lipinski definition) is 1. The molecule has 1 atom stereocenters. The van der Waals surface area contributed by atoms with E-state index in [2.05, 4.69) is 10.2 Å². The molecule has 0 radical (unpaired) electrons. The molecule has 112 valence electrons. The molecule has 0 saturated carbocycles. The molecule has 0 heterocycles. The number of nitro benzene ring substituents is 1. The number of benzene rings is 1. The average Bonchev–Trinajstić information content (AvgIpc) is 2.44. The van der Waals surface area contributed by atoms with E-state index >= 15 is 0 Å². The van der Waals surface area contributed by atoms with Crippen LogP contribution in [0.3, 0.4) is 0 Å². The van der Waals surface area contributed by atoms with Gasteiger partial charge in [-0.1, -0.05) is 18.2 Å². The van der Waals surface area contributed by atoms with Crippen LogP contribution in [-0.2, 0) is 4.74 Å². The molecule has 0 amide bonds. The van der Waals surface area contributed by atoms with Gasteiger partial charge in [0.05, 0.1) is 11.5 Å². The Hall–Kier alpha value is -1.50. The molecular weight excluding hydrogens is 258 g/mol. The SMILES string of the molecule is COCCN(C)CCNC(C)c1ccccc1[N+](=O)[O-]. The van der Waals surface area contributed by atoms with E-state index in [1.165, 1.54) is 6.07 Å². The minimum atomic E-state index is -0.335. The molecule has 0 spiro atoms. The summed E-state index contributed by atoms with van der Waals surface area (Å²) >= 11 is 0. The molecule has 6 nitrogen and oxygen atoms in total. The zero-order valence-corrected chi connectivity index (χ0v) is 12.3. The first-order chi connectivity index (χ1) is 9.56. The van der Waals surface area contributed by atoms with E-state index in [1.54, 1.807) is 19.2 Å². The number of hydrogen-bond acceptors (Lipinski definition) is 5. The van der Waals surface area contributed by atoms with E-state index in [9.17, 15) is 10.1 Å². The van der Waals surface area contributed by atoms with Crippen LogP contribution in [0.25, 0.3) is 0 Å². The first kappa shape index (κ1) is 16.6. The summed E-state index contributed by atoms with van der Waals surface area (Å²) in [6, 6.07) is 6.80. The fourth-order valence-corrected chi connectivity index (χ4v) is 1.96. The van der Waals surface area contributed by atoms with Crippen LogP contribution in [0.5, 0.6) is 0 Å². The average molecular weight is 281 g/mol. The maximum atomic E-state index is 11.0. The van der Waals surface area contributed by atoms with Crippen molar-refractivity contribution in [1.29, 1.82) is 0 Å². The van der Waals surface area contributed by atoms with Crippen LogP contribution < -0.4 is 5.32 Å². The molecular formula is C14H23N3O3. The maximum Gasteiger partial charge on any atom is 0.274 e. The molecule has 0 bridgehead atoms. The molecule has 1 aromatic carbocycles. The van der Waals surface area contributed by atoms with Crippen molar-refractivity contribution in [3.63, 3.8) is 0 Å². The molecule has 1 aromatic rings. The minimum absolute atomic E-state index is 0.0487. The Labute approximate surface area is 119 Å². The lowest BCUT2D eigenvalue weighted by atomic mass is 10.1. The summed E-state index contributed by atoms with van der Waals surface area (Å²) in [5.41, 5.74) is 0.886. The van der Waals surface area contributed by atoms with E-state index < -0.39 is 0 Å². The largest absolute Gasteiger partial charge is 0.383 e. The summed E-state index contributed by atoms with van der Waals surface area (Å²) in [6.45, 7) is 5.16. The molecule has 0 fully saturated rings. The zero-order valence-electron chi connectivity index (χ0n) is 12.3. The van der Waals surface area contributed by atoms with E-state index in [0.29, 0.717) is 6.61 Å². The van der Waals surface area contributed by atoms with Gasteiger partial charge in [-0.25, -0.2) is 0 Å². The number of nitrogens with one attached hydrogen (secondary N) is 1. The molecule has 1 unspecified atom stereocenters. The van der Waals surface area contributed by atoms with Gasteiger partial charge in [-0.3, -0.25) is 10.1 Å². The second-order valence-electron chi connectivity index (χ2n) is 4.79. The Bertz CT molecular complexity index is 426. The molecule has 6 heteroatoms. The summed E-state index contributed by atoms with van der Waals surface area (Å²) in [5, 5.41) is 14.3. The molecule has 0 aliphatic carbocycles. The predicted molar refractivity (Wildman–Crippen MR) is 78.9 cm³/mol. The van der Waals surface area contributed by atoms with E-state index in [0.717, 1.165) is 25.2 Å². The highest BCUT2D eigenvalue weighted by Crippen LogP contribution is 2.23. The number of methoxy groups -OCH3 is 1. The van der Waals surface area contributed by atoms with Crippen LogP contribution in [-0.4, -0.2) is 50.2 Å². The highest BCUT2D eigenvalue weighted by Gasteiger charge is 2.17. The maximum absolute atomic E-state index is 11.0. The number of likely N-dealkylation sites (N-methyl/N-ethyl adjacent to an activating group) is 1. The van der Waals surface area contributed by atoms with E-state index in [-0.39, 0.29) is 16.7 Å². The Morgan fingerprint density at radius 2 is 2.10 bits per heavy atom. The number of nitro groups is 1. The molecule has 0 aliphatic heterocycles. The Kier molecular flexibility index (Phi) is 7.14. The van der Waals surface area contributed by atoms with Gasteiger partial charge in [-0.05, 0) is 14.0 Å². The van der Waals surface area contributed by atoms with Crippen LogP contribution in [0.4, 0.5) is 5.69 Å². The Morgan fingerprint density at radius 1 is 1.40 bits per heavy atom. The normalized spacial score (nSPS) is 12.6. The number of rotatable bonds is 9. The van der Waals surface area contributed by atoms with Crippen molar-refractivity contribution in [2.24, 2.45) is 0 Å². The van der Waals surface area contributed by atoms with Gasteiger partial charge in [0.1, 0.15) is 0 Å². The van der Waals surface area contributed by atoms with Gasteiger partial charge in [-0.15, -0.1) is 0 Å². The highest BCUT2D eigenvalue weighted by molar-refractivity contribution is 5.41. The van der Waals surface area contributed by atoms with Gasteiger partial charge in [0.2, 0.25) is 0 Å². The minimum Gasteiger partial charge on any atom is -0.383 e. The van der Waals surface area contributed by atoms with Gasteiger partial charge >= 0.3 is 0 Å². The number of para-hydroxylation sites is 1. The number of ether oxygens (including phenoxy) is 1. The molecule has 20 heavy (non-hydrogen) atoms. The smallest absolute Gasteiger partial charge is 0.274 e. The van der Waals surface area contributed by atoms with Gasteiger partial charge in [0, 0.05) is 44.4 Å². The monoisotopic (exact) mass is 281 g/mol. The van der Waals surface area contributed by atoms with Crippen molar-refractivity contribution in [3.05, 3.63) is 39.9 Å². The fraction of sp³-hybridized carbons (Fsp3) is 0.571. The summed E-state index contributed by atoms with van der Waals surface area (Å²) < 4.78 is 5.01. The zero-order chi connectivity index (χ0) is 15.0. The van der Waals surface area contributed by atoms with Crippen molar-refractivity contribution >= 4 is 5.69 Å². The fourth-order valence-electron chi connectivity index (χ4n) is 1.96. The third-order valence-corrected chi connectivity index (χ3v) is 3.22. The van der Waals surface area contributed by atoms with Crippen LogP contribution in [0.1, 0.15) is 18.5 Å². The first-order valence-electron chi connectivity index (χ1n) is 6.70. The molecule has 1 rings (SSSR count). The lowest BCUT2D eigenvalue weighted by molar-refractivity contribution is -0.385. The van der Waals surface area contributed by atoms with Gasteiger partial charge < -0.3 is 15.0 Å². The predicted octanol–water partition coefficient (Wildman–Crippen LogP) is 1.82. The summed E-state index contributed by atoms with van der Waals surface area (Å²) in [5.74, 6) is 0. The molecule has 1 N–H and O–H groups in total. The first-order valence-corrected chi connectivity index (χ1v) is 6.70. The van der Waals surface area contributed by atoms with E-state index in [4.69, 9.17) is 4.74 Å². The van der Waals surface area contributed by atoms with Gasteiger partial charge in [0.25, 0.3) is 5.69 Å². The summed E-state index contributed by atoms with van der Waals surface area (Å²) in [6.07, 6.45) is 0. The highest BCUT2D eigenvalue weighted by atomic mass is 16.6. The van der Waals surface area contributed by atoms with Crippen LogP contribution in [0.15, 0.2) is 24.3 Å².